The van der Waals surface area contributed by atoms with Crippen molar-refractivity contribution in [2.75, 3.05) is 45.1 Å². The number of ether oxygens (including phenoxy) is 2. The summed E-state index contributed by atoms with van der Waals surface area (Å²) < 4.78 is 13.1. The van der Waals surface area contributed by atoms with Crippen LogP contribution in [0.3, 0.4) is 0 Å². The molecule has 1 aliphatic heterocycles. The second-order valence-corrected chi connectivity index (χ2v) is 9.99. The second-order valence-electron chi connectivity index (χ2n) is 9.04. The van der Waals surface area contributed by atoms with Gasteiger partial charge in [0.2, 0.25) is 0 Å². The average Bonchev–Trinajstić information content (AvgIpc) is 3.36. The Hall–Kier alpha value is -3.77. The van der Waals surface area contributed by atoms with Gasteiger partial charge in [0, 0.05) is 66.3 Å². The van der Waals surface area contributed by atoms with E-state index >= 15 is 0 Å². The molecule has 0 unspecified atom stereocenters. The average molecular weight is 485 g/mol. The summed E-state index contributed by atoms with van der Waals surface area (Å²) in [6.07, 6.45) is 4.05. The lowest BCUT2D eigenvalue weighted by atomic mass is 9.82. The molecule has 1 aliphatic rings. The number of methoxy groups -OCH3 is 1. The number of esters is 1. The Kier molecular flexibility index (Phi) is 5.77. The van der Waals surface area contributed by atoms with Crippen LogP contribution >= 0.6 is 11.3 Å². The molecule has 0 N–H and O–H groups in total. The zero-order valence-corrected chi connectivity index (χ0v) is 21.3. The largest absolute Gasteiger partial charge is 0.472 e. The van der Waals surface area contributed by atoms with E-state index in [1.807, 2.05) is 51.8 Å². The minimum atomic E-state index is -0.855. The van der Waals surface area contributed by atoms with Gasteiger partial charge in [-0.25, -0.2) is 4.79 Å². The molecular weight excluding hydrogens is 456 g/mol. The number of thiophene rings is 1. The lowest BCUT2D eigenvalue weighted by Gasteiger charge is -2.37. The Morgan fingerprint density at radius 1 is 0.886 bits per heavy atom. The first kappa shape index (κ1) is 23.0. The molecule has 0 spiro atoms. The minimum Gasteiger partial charge on any atom is -0.472 e. The van der Waals surface area contributed by atoms with Gasteiger partial charge in [-0.05, 0) is 53.9 Å². The van der Waals surface area contributed by atoms with Crippen molar-refractivity contribution in [3.63, 3.8) is 0 Å². The summed E-state index contributed by atoms with van der Waals surface area (Å²) in [7, 11) is 9.52. The van der Waals surface area contributed by atoms with Gasteiger partial charge in [0.05, 0.1) is 12.7 Å². The van der Waals surface area contributed by atoms with E-state index in [9.17, 15) is 4.79 Å². The van der Waals surface area contributed by atoms with Gasteiger partial charge in [0.15, 0.2) is 5.60 Å². The molecule has 6 heteroatoms. The highest BCUT2D eigenvalue weighted by Gasteiger charge is 2.39. The number of hydrogen-bond donors (Lipinski definition) is 0. The fraction of sp³-hybridized carbons (Fsp3) is 0.207. The van der Waals surface area contributed by atoms with Crippen molar-refractivity contribution in [3.05, 3.63) is 94.4 Å². The maximum Gasteiger partial charge on any atom is 0.338 e. The summed E-state index contributed by atoms with van der Waals surface area (Å²) in [6.45, 7) is 0. The normalized spacial score (nSPS) is 13.7. The highest BCUT2D eigenvalue weighted by Crippen LogP contribution is 2.47. The SMILES string of the molecule is COC(=O)c1cc2sccc2c2c1C=CC(c1ccc(N(C)C)cc1)(c1ccc(N(C)C)cc1)O2. The van der Waals surface area contributed by atoms with Crippen molar-refractivity contribution in [1.29, 1.82) is 0 Å². The molecule has 35 heavy (non-hydrogen) atoms. The molecule has 3 aromatic carbocycles. The standard InChI is InChI=1S/C29H28N2O3S/c1-30(2)21-10-6-19(7-11-21)29(20-8-12-22(13-9-20)31(3)4)16-14-23-25(28(32)33-5)18-26-24(15-17-35-26)27(23)34-29/h6-18H,1-5H3. The van der Waals surface area contributed by atoms with Crippen molar-refractivity contribution >= 4 is 44.8 Å². The van der Waals surface area contributed by atoms with Crippen LogP contribution in [0, 0.1) is 0 Å². The maximum absolute atomic E-state index is 12.6. The highest BCUT2D eigenvalue weighted by atomic mass is 32.1. The molecule has 0 radical (unpaired) electrons. The summed E-state index contributed by atoms with van der Waals surface area (Å²) in [5.41, 5.74) is 4.64. The van der Waals surface area contributed by atoms with Gasteiger partial charge in [0.25, 0.3) is 0 Å². The molecule has 0 bridgehead atoms. The maximum atomic E-state index is 12.6. The van der Waals surface area contributed by atoms with Crippen LogP contribution in [0.5, 0.6) is 5.75 Å². The number of fused-ring (bicyclic) bond motifs is 3. The third-order valence-corrected chi connectivity index (χ3v) is 7.39. The van der Waals surface area contributed by atoms with Crippen molar-refractivity contribution in [2.24, 2.45) is 0 Å². The second kappa shape index (κ2) is 8.78. The minimum absolute atomic E-state index is 0.372. The van der Waals surface area contributed by atoms with E-state index in [1.165, 1.54) is 7.11 Å². The molecule has 0 aliphatic carbocycles. The Balaban J connectivity index is 1.74. The predicted molar refractivity (Wildman–Crippen MR) is 145 cm³/mol. The predicted octanol–water partition coefficient (Wildman–Crippen LogP) is 6.17. The number of rotatable bonds is 5. The van der Waals surface area contributed by atoms with E-state index < -0.39 is 5.60 Å². The molecule has 0 atom stereocenters. The van der Waals surface area contributed by atoms with Crippen LogP contribution in [-0.2, 0) is 10.3 Å². The zero-order chi connectivity index (χ0) is 24.7. The zero-order valence-electron chi connectivity index (χ0n) is 20.5. The molecule has 0 saturated carbocycles. The molecule has 0 saturated heterocycles. The first-order chi connectivity index (χ1) is 16.8. The number of anilines is 2. The Morgan fingerprint density at radius 2 is 1.46 bits per heavy atom. The number of carbonyl (C=O) groups is 1. The fourth-order valence-corrected chi connectivity index (χ4v) is 5.36. The van der Waals surface area contributed by atoms with Gasteiger partial charge >= 0.3 is 5.97 Å². The Labute approximate surface area is 209 Å². The van der Waals surface area contributed by atoms with Crippen LogP contribution in [0.1, 0.15) is 27.0 Å². The van der Waals surface area contributed by atoms with Gasteiger partial charge < -0.3 is 19.3 Å². The highest BCUT2D eigenvalue weighted by molar-refractivity contribution is 7.17. The van der Waals surface area contributed by atoms with Crippen molar-refractivity contribution in [3.8, 4) is 5.75 Å². The van der Waals surface area contributed by atoms with Crippen LogP contribution in [0.2, 0.25) is 0 Å². The van der Waals surface area contributed by atoms with E-state index in [0.717, 1.165) is 38.2 Å². The van der Waals surface area contributed by atoms with Crippen LogP contribution in [-0.4, -0.2) is 41.3 Å². The fourth-order valence-electron chi connectivity index (χ4n) is 4.54. The molecule has 178 valence electrons. The topological polar surface area (TPSA) is 42.0 Å². The summed E-state index contributed by atoms with van der Waals surface area (Å²) in [6, 6.07) is 20.8. The smallest absolute Gasteiger partial charge is 0.338 e. The molecule has 5 rings (SSSR count). The van der Waals surface area contributed by atoms with E-state index in [2.05, 4.69) is 64.4 Å². The number of carbonyl (C=O) groups excluding carboxylic acids is 1. The number of nitrogens with zero attached hydrogens (tertiary/aromatic N) is 2. The third-order valence-electron chi connectivity index (χ3n) is 6.53. The van der Waals surface area contributed by atoms with Crippen LogP contribution < -0.4 is 14.5 Å². The van der Waals surface area contributed by atoms with Gasteiger partial charge in [-0.1, -0.05) is 24.3 Å². The molecule has 0 fully saturated rings. The molecule has 5 nitrogen and oxygen atoms in total. The van der Waals surface area contributed by atoms with E-state index in [0.29, 0.717) is 11.3 Å². The summed E-state index contributed by atoms with van der Waals surface area (Å²) in [5, 5.41) is 3.01. The van der Waals surface area contributed by atoms with E-state index in [-0.39, 0.29) is 5.97 Å². The van der Waals surface area contributed by atoms with E-state index in [1.54, 1.807) is 11.3 Å². The first-order valence-corrected chi connectivity index (χ1v) is 12.3. The molecule has 1 aromatic heterocycles. The summed E-state index contributed by atoms with van der Waals surface area (Å²) in [5.74, 6) is 0.322. The van der Waals surface area contributed by atoms with Gasteiger partial charge in [-0.2, -0.15) is 0 Å². The first-order valence-electron chi connectivity index (χ1n) is 11.4. The monoisotopic (exact) mass is 484 g/mol. The third kappa shape index (κ3) is 3.84. The molecule has 2 heterocycles. The van der Waals surface area contributed by atoms with Crippen LogP contribution in [0.4, 0.5) is 11.4 Å². The number of hydrogen-bond acceptors (Lipinski definition) is 6. The van der Waals surface area contributed by atoms with Gasteiger partial charge in [0.1, 0.15) is 5.75 Å². The van der Waals surface area contributed by atoms with Crippen molar-refractivity contribution < 1.29 is 14.3 Å². The van der Waals surface area contributed by atoms with Gasteiger partial charge in [-0.3, -0.25) is 0 Å². The quantitative estimate of drug-likeness (QED) is 0.317. The Morgan fingerprint density at radius 3 is 1.97 bits per heavy atom. The molecular formula is C29H28N2O3S. The van der Waals surface area contributed by atoms with Crippen LogP contribution in [0.15, 0.2) is 72.1 Å². The van der Waals surface area contributed by atoms with Gasteiger partial charge in [-0.15, -0.1) is 11.3 Å². The number of benzene rings is 3. The molecule has 0 amide bonds. The molecule has 4 aromatic rings. The Bertz CT molecular complexity index is 1370. The lowest BCUT2D eigenvalue weighted by Crippen LogP contribution is -2.34. The van der Waals surface area contributed by atoms with Crippen molar-refractivity contribution in [2.45, 2.75) is 5.60 Å². The van der Waals surface area contributed by atoms with Crippen LogP contribution in [0.25, 0.3) is 16.2 Å². The van der Waals surface area contributed by atoms with E-state index in [4.69, 9.17) is 9.47 Å². The lowest BCUT2D eigenvalue weighted by molar-refractivity contribution is 0.0599. The summed E-state index contributed by atoms with van der Waals surface area (Å²) >= 11 is 1.58. The van der Waals surface area contributed by atoms with Crippen molar-refractivity contribution in [1.82, 2.24) is 0 Å². The summed E-state index contributed by atoms with van der Waals surface area (Å²) in [4.78, 5) is 16.8.